The van der Waals surface area contributed by atoms with Gasteiger partial charge in [0.2, 0.25) is 5.89 Å². The maximum absolute atomic E-state index is 5.47. The van der Waals surface area contributed by atoms with Crippen LogP contribution in [0.15, 0.2) is 45.7 Å². The Balaban J connectivity index is 1.69. The van der Waals surface area contributed by atoms with Gasteiger partial charge in [0.05, 0.1) is 10.6 Å². The van der Waals surface area contributed by atoms with E-state index < -0.39 is 0 Å². The van der Waals surface area contributed by atoms with E-state index in [0.717, 1.165) is 21.5 Å². The SMILES string of the molecule is Cn1ccnc1SCc1coc(-c2cccs2)n1. The first-order valence-electron chi connectivity index (χ1n) is 5.41. The molecule has 3 aromatic rings. The van der Waals surface area contributed by atoms with Gasteiger partial charge in [-0.25, -0.2) is 9.97 Å². The van der Waals surface area contributed by atoms with Gasteiger partial charge in [0, 0.05) is 25.2 Å². The molecule has 0 spiro atoms. The number of aryl methyl sites for hydroxylation is 1. The summed E-state index contributed by atoms with van der Waals surface area (Å²) in [5.74, 6) is 1.46. The topological polar surface area (TPSA) is 43.9 Å². The highest BCUT2D eigenvalue weighted by Gasteiger charge is 2.08. The van der Waals surface area contributed by atoms with Crippen LogP contribution in [0.3, 0.4) is 0 Å². The number of hydrogen-bond donors (Lipinski definition) is 0. The van der Waals surface area contributed by atoms with Crippen molar-refractivity contribution in [2.24, 2.45) is 7.05 Å². The van der Waals surface area contributed by atoms with Crippen LogP contribution in [0.5, 0.6) is 0 Å². The second kappa shape index (κ2) is 4.99. The highest BCUT2D eigenvalue weighted by molar-refractivity contribution is 7.98. The largest absolute Gasteiger partial charge is 0.444 e. The zero-order valence-corrected chi connectivity index (χ0v) is 11.4. The van der Waals surface area contributed by atoms with Gasteiger partial charge in [-0.15, -0.1) is 11.3 Å². The van der Waals surface area contributed by atoms with Crippen molar-refractivity contribution >= 4 is 23.1 Å². The molecule has 3 aromatic heterocycles. The lowest BCUT2D eigenvalue weighted by molar-refractivity contribution is 0.575. The maximum Gasteiger partial charge on any atom is 0.236 e. The average Bonchev–Trinajstić information content (AvgIpc) is 3.08. The third kappa shape index (κ3) is 2.34. The molecule has 18 heavy (non-hydrogen) atoms. The predicted octanol–water partition coefficient (Wildman–Crippen LogP) is 3.43. The number of hydrogen-bond acceptors (Lipinski definition) is 5. The smallest absolute Gasteiger partial charge is 0.236 e. The number of rotatable bonds is 4. The predicted molar refractivity (Wildman–Crippen MR) is 72.6 cm³/mol. The molecule has 0 saturated heterocycles. The average molecular weight is 277 g/mol. The van der Waals surface area contributed by atoms with Crippen LogP contribution in [-0.2, 0) is 12.8 Å². The lowest BCUT2D eigenvalue weighted by Crippen LogP contribution is -1.89. The van der Waals surface area contributed by atoms with E-state index in [1.54, 1.807) is 35.6 Å². The Hall–Kier alpha value is -1.53. The van der Waals surface area contributed by atoms with Gasteiger partial charge in [0.1, 0.15) is 6.26 Å². The minimum Gasteiger partial charge on any atom is -0.444 e. The van der Waals surface area contributed by atoms with Crippen molar-refractivity contribution in [3.63, 3.8) is 0 Å². The summed E-state index contributed by atoms with van der Waals surface area (Å²) >= 11 is 3.28. The van der Waals surface area contributed by atoms with Gasteiger partial charge in [-0.3, -0.25) is 0 Å². The Morgan fingerprint density at radius 3 is 3.17 bits per heavy atom. The second-order valence-electron chi connectivity index (χ2n) is 3.73. The van der Waals surface area contributed by atoms with Gasteiger partial charge in [-0.05, 0) is 11.4 Å². The molecule has 6 heteroatoms. The molecule has 0 N–H and O–H groups in total. The molecule has 0 fully saturated rings. The Bertz CT molecular complexity index is 627. The summed E-state index contributed by atoms with van der Waals surface area (Å²) in [7, 11) is 1.98. The highest BCUT2D eigenvalue weighted by atomic mass is 32.2. The normalized spacial score (nSPS) is 10.9. The zero-order valence-electron chi connectivity index (χ0n) is 9.74. The lowest BCUT2D eigenvalue weighted by Gasteiger charge is -1.97. The Labute approximate surface area is 113 Å². The van der Waals surface area contributed by atoms with E-state index in [1.807, 2.05) is 35.3 Å². The summed E-state index contributed by atoms with van der Waals surface area (Å²) in [6.07, 6.45) is 5.44. The molecule has 3 rings (SSSR count). The first-order valence-corrected chi connectivity index (χ1v) is 7.28. The fourth-order valence-corrected chi connectivity index (χ4v) is 2.98. The maximum atomic E-state index is 5.47. The molecule has 0 aliphatic carbocycles. The number of nitrogens with zero attached hydrogens (tertiary/aromatic N) is 3. The molecular weight excluding hydrogens is 266 g/mol. The first kappa shape index (κ1) is 11.6. The van der Waals surface area contributed by atoms with Crippen LogP contribution in [0.2, 0.25) is 0 Å². The molecule has 0 aromatic carbocycles. The van der Waals surface area contributed by atoms with E-state index in [-0.39, 0.29) is 0 Å². The minimum absolute atomic E-state index is 0.695. The van der Waals surface area contributed by atoms with Gasteiger partial charge >= 0.3 is 0 Å². The van der Waals surface area contributed by atoms with Crippen LogP contribution in [0, 0.1) is 0 Å². The molecule has 0 atom stereocenters. The molecule has 0 bridgehead atoms. The van der Waals surface area contributed by atoms with Crippen molar-refractivity contribution in [3.8, 4) is 10.8 Å². The van der Waals surface area contributed by atoms with Crippen LogP contribution in [0.25, 0.3) is 10.8 Å². The van der Waals surface area contributed by atoms with E-state index in [1.165, 1.54) is 0 Å². The van der Waals surface area contributed by atoms with Crippen molar-refractivity contribution in [1.29, 1.82) is 0 Å². The van der Waals surface area contributed by atoms with Crippen molar-refractivity contribution in [3.05, 3.63) is 41.9 Å². The zero-order chi connectivity index (χ0) is 12.4. The van der Waals surface area contributed by atoms with Crippen LogP contribution in [0.1, 0.15) is 5.69 Å². The first-order chi connectivity index (χ1) is 8.83. The fraction of sp³-hybridized carbons (Fsp3) is 0.167. The van der Waals surface area contributed by atoms with Crippen molar-refractivity contribution in [2.75, 3.05) is 0 Å². The molecule has 0 unspecified atom stereocenters. The van der Waals surface area contributed by atoms with E-state index >= 15 is 0 Å². The third-order valence-corrected chi connectivity index (χ3v) is 4.36. The highest BCUT2D eigenvalue weighted by Crippen LogP contribution is 2.26. The van der Waals surface area contributed by atoms with Crippen LogP contribution in [0.4, 0.5) is 0 Å². The summed E-state index contributed by atoms with van der Waals surface area (Å²) in [6.45, 7) is 0. The minimum atomic E-state index is 0.695. The number of imidazole rings is 1. The molecule has 0 aliphatic rings. The summed E-state index contributed by atoms with van der Waals surface area (Å²) in [6, 6.07) is 4.00. The molecule has 92 valence electrons. The molecule has 4 nitrogen and oxygen atoms in total. The fourth-order valence-electron chi connectivity index (χ4n) is 1.52. The molecule has 0 amide bonds. The monoisotopic (exact) mass is 277 g/mol. The second-order valence-corrected chi connectivity index (χ2v) is 5.62. The van der Waals surface area contributed by atoms with Gasteiger partial charge in [0.15, 0.2) is 5.16 Å². The van der Waals surface area contributed by atoms with Crippen LogP contribution >= 0.6 is 23.1 Å². The third-order valence-electron chi connectivity index (χ3n) is 2.41. The van der Waals surface area contributed by atoms with Gasteiger partial charge < -0.3 is 8.98 Å². The summed E-state index contributed by atoms with van der Waals surface area (Å²) in [4.78, 5) is 9.78. The van der Waals surface area contributed by atoms with Crippen molar-refractivity contribution in [2.45, 2.75) is 10.9 Å². The molecular formula is C12H11N3OS2. The number of oxazole rings is 1. The van der Waals surface area contributed by atoms with Crippen LogP contribution in [-0.4, -0.2) is 14.5 Å². The lowest BCUT2D eigenvalue weighted by atomic mass is 10.5. The summed E-state index contributed by atoms with van der Waals surface area (Å²) < 4.78 is 7.46. The Morgan fingerprint density at radius 2 is 2.44 bits per heavy atom. The Kier molecular flexibility index (Phi) is 3.21. The van der Waals surface area contributed by atoms with Crippen molar-refractivity contribution < 1.29 is 4.42 Å². The summed E-state index contributed by atoms with van der Waals surface area (Å²) in [5, 5.41) is 3.00. The van der Waals surface area contributed by atoms with E-state index in [2.05, 4.69) is 9.97 Å². The van der Waals surface area contributed by atoms with E-state index in [4.69, 9.17) is 4.42 Å². The van der Waals surface area contributed by atoms with E-state index in [9.17, 15) is 0 Å². The quantitative estimate of drug-likeness (QED) is 0.685. The standard InChI is InChI=1S/C12H11N3OS2/c1-15-5-4-13-12(15)18-8-9-7-16-11(14-9)10-3-2-6-17-10/h2-7H,8H2,1H3. The molecule has 3 heterocycles. The molecule has 0 saturated carbocycles. The molecule has 0 aliphatic heterocycles. The van der Waals surface area contributed by atoms with Gasteiger partial charge in [0.25, 0.3) is 0 Å². The molecule has 0 radical (unpaired) electrons. The number of aromatic nitrogens is 3. The van der Waals surface area contributed by atoms with E-state index in [0.29, 0.717) is 5.89 Å². The summed E-state index contributed by atoms with van der Waals surface area (Å²) in [5.41, 5.74) is 0.936. The number of thioether (sulfide) groups is 1. The van der Waals surface area contributed by atoms with Crippen LogP contribution < -0.4 is 0 Å². The van der Waals surface area contributed by atoms with Crippen molar-refractivity contribution in [1.82, 2.24) is 14.5 Å². The number of thiophene rings is 1. The Morgan fingerprint density at radius 1 is 1.50 bits per heavy atom. The van der Waals surface area contributed by atoms with Gasteiger partial charge in [-0.2, -0.15) is 0 Å². The van der Waals surface area contributed by atoms with Gasteiger partial charge in [-0.1, -0.05) is 17.8 Å².